The van der Waals surface area contributed by atoms with Crippen LogP contribution < -0.4 is 15.4 Å². The molecule has 0 unspecified atom stereocenters. The van der Waals surface area contributed by atoms with Crippen LogP contribution in [0.4, 0.5) is 13.2 Å². The van der Waals surface area contributed by atoms with Crippen LogP contribution in [0.1, 0.15) is 74.9 Å². The number of hydrogen-bond acceptors (Lipinski definition) is 8. The molecule has 13 heteroatoms. The lowest BCUT2D eigenvalue weighted by Crippen LogP contribution is -2.46. The van der Waals surface area contributed by atoms with E-state index in [0.29, 0.717) is 6.42 Å². The summed E-state index contributed by atoms with van der Waals surface area (Å²) < 4.78 is 43.9. The second kappa shape index (κ2) is 15.4. The highest BCUT2D eigenvalue weighted by Crippen LogP contribution is 2.26. The maximum atomic E-state index is 11.9. The van der Waals surface area contributed by atoms with E-state index in [-0.39, 0.29) is 18.1 Å². The highest BCUT2D eigenvalue weighted by molar-refractivity contribution is 5.92. The van der Waals surface area contributed by atoms with Gasteiger partial charge in [-0.15, -0.1) is 0 Å². The number of carboxylic acids is 1. The summed E-state index contributed by atoms with van der Waals surface area (Å²) in [5.41, 5.74) is 5.52. The quantitative estimate of drug-likeness (QED) is 0.205. The number of amides is 1. The van der Waals surface area contributed by atoms with Gasteiger partial charge < -0.3 is 35.3 Å². The highest BCUT2D eigenvalue weighted by Gasteiger charge is 2.48. The minimum Gasteiger partial charge on any atom is -0.542 e. The number of nitrogens with two attached hydrogens (primary N) is 1. The van der Waals surface area contributed by atoms with Crippen LogP contribution in [-0.4, -0.2) is 59.2 Å². The Labute approximate surface area is 206 Å². The Morgan fingerprint density at radius 1 is 1.11 bits per heavy atom. The first-order valence-electron chi connectivity index (χ1n) is 11.6. The van der Waals surface area contributed by atoms with E-state index >= 15 is 0 Å². The van der Waals surface area contributed by atoms with Gasteiger partial charge in [0.05, 0.1) is 0 Å². The van der Waals surface area contributed by atoms with Crippen LogP contribution in [0.2, 0.25) is 0 Å². The molecule has 10 nitrogen and oxygen atoms in total. The number of unbranched alkanes of at least 4 members (excludes halogenated alkanes) is 6. The van der Waals surface area contributed by atoms with Crippen molar-refractivity contribution in [2.45, 2.75) is 89.0 Å². The number of carbonyl (C=O) groups is 3. The normalized spacial score (nSPS) is 21.4. The fourth-order valence-corrected chi connectivity index (χ4v) is 3.38. The minimum atomic E-state index is -5.19. The number of hydrogen-bond donors (Lipinski definition) is 3. The number of ether oxygens (including phenoxy) is 2. The number of esters is 1. The Hall–Kier alpha value is -2.77. The van der Waals surface area contributed by atoms with Crippen molar-refractivity contribution in [2.75, 3.05) is 6.61 Å². The first-order chi connectivity index (χ1) is 16.9. The van der Waals surface area contributed by atoms with Gasteiger partial charge in [0.15, 0.2) is 18.5 Å². The molecule has 204 valence electrons. The number of pyridine rings is 1. The van der Waals surface area contributed by atoms with E-state index in [1.165, 1.54) is 36.4 Å². The number of aliphatic hydroxyl groups excluding tert-OH is 2. The first-order valence-corrected chi connectivity index (χ1v) is 11.6. The van der Waals surface area contributed by atoms with E-state index in [2.05, 4.69) is 6.92 Å². The van der Waals surface area contributed by atoms with Crippen molar-refractivity contribution in [3.63, 3.8) is 0 Å². The van der Waals surface area contributed by atoms with Crippen LogP contribution >= 0.6 is 0 Å². The molecule has 1 aromatic rings. The average Bonchev–Trinajstić information content (AvgIpc) is 3.10. The third-order valence-electron chi connectivity index (χ3n) is 5.36. The second-order valence-corrected chi connectivity index (χ2v) is 8.29. The van der Waals surface area contributed by atoms with E-state index < -0.39 is 42.6 Å². The summed E-state index contributed by atoms with van der Waals surface area (Å²) in [6, 6.07) is 3.14. The molecule has 0 aliphatic carbocycles. The van der Waals surface area contributed by atoms with Crippen molar-refractivity contribution in [2.24, 2.45) is 5.73 Å². The smallest absolute Gasteiger partial charge is 0.430 e. The summed E-state index contributed by atoms with van der Waals surface area (Å²) in [4.78, 5) is 32.0. The molecule has 36 heavy (non-hydrogen) atoms. The zero-order valence-electron chi connectivity index (χ0n) is 20.0. The van der Waals surface area contributed by atoms with Crippen LogP contribution in [0.15, 0.2) is 24.5 Å². The number of nitrogens with zero attached hydrogens (tertiary/aromatic N) is 1. The number of carboxylic acid groups (broad SMARTS) is 1. The molecule has 0 spiro atoms. The Morgan fingerprint density at radius 3 is 2.25 bits per heavy atom. The zero-order chi connectivity index (χ0) is 27.3. The molecule has 1 aliphatic heterocycles. The van der Waals surface area contributed by atoms with Gasteiger partial charge in [-0.25, -0.2) is 0 Å². The molecule has 4 N–H and O–H groups in total. The number of aliphatic carboxylic acids is 1. The SMILES string of the molecule is CCCCCCCCCC(=O)OC[C@H]1O[C@@H]([n+]2cccc(C(N)=O)c2)[C@H](O)[C@@H]1O.O=C([O-])C(F)(F)F. The number of aliphatic hydroxyl groups is 2. The van der Waals surface area contributed by atoms with Gasteiger partial charge in [0.1, 0.15) is 30.3 Å². The van der Waals surface area contributed by atoms with E-state index in [1.54, 1.807) is 18.3 Å². The van der Waals surface area contributed by atoms with Gasteiger partial charge >= 0.3 is 12.1 Å². The van der Waals surface area contributed by atoms with Crippen LogP contribution in [0.3, 0.4) is 0 Å². The molecule has 1 amide bonds. The number of alkyl halides is 3. The maximum absolute atomic E-state index is 11.9. The number of primary amides is 1. The lowest BCUT2D eigenvalue weighted by molar-refractivity contribution is -0.765. The highest BCUT2D eigenvalue weighted by atomic mass is 19.4. The number of halogens is 3. The maximum Gasteiger partial charge on any atom is 0.430 e. The molecule has 0 saturated carbocycles. The van der Waals surface area contributed by atoms with Crippen LogP contribution in [0.25, 0.3) is 0 Å². The average molecular weight is 523 g/mol. The zero-order valence-corrected chi connectivity index (χ0v) is 20.0. The second-order valence-electron chi connectivity index (χ2n) is 8.29. The lowest BCUT2D eigenvalue weighted by atomic mass is 10.1. The first kappa shape index (κ1) is 31.3. The van der Waals surface area contributed by atoms with Gasteiger partial charge in [-0.3, -0.25) is 9.59 Å². The van der Waals surface area contributed by atoms with Crippen LogP contribution in [0.5, 0.6) is 0 Å². The Balaban J connectivity index is 0.000000809. The molecular weight excluding hydrogens is 489 g/mol. The van der Waals surface area contributed by atoms with Gasteiger partial charge in [-0.2, -0.15) is 17.7 Å². The fraction of sp³-hybridized carbons (Fsp3) is 0.652. The molecule has 2 rings (SSSR count). The van der Waals surface area contributed by atoms with Crippen molar-refractivity contribution in [3.05, 3.63) is 30.1 Å². The predicted octanol–water partition coefficient (Wildman–Crippen LogP) is 0.675. The minimum absolute atomic E-state index is 0.139. The summed E-state index contributed by atoms with van der Waals surface area (Å²) in [6.45, 7) is 2.04. The Morgan fingerprint density at radius 2 is 1.69 bits per heavy atom. The molecule has 0 aromatic carbocycles. The summed E-state index contributed by atoms with van der Waals surface area (Å²) in [6.07, 6.45) is 1.77. The van der Waals surface area contributed by atoms with E-state index in [4.69, 9.17) is 25.1 Å². The Bertz CT molecular complexity index is 853. The van der Waals surface area contributed by atoms with Gasteiger partial charge in [-0.1, -0.05) is 45.4 Å². The third kappa shape index (κ3) is 10.9. The fourth-order valence-electron chi connectivity index (χ4n) is 3.38. The molecule has 1 saturated heterocycles. The molecule has 2 heterocycles. The molecule has 1 aromatic heterocycles. The van der Waals surface area contributed by atoms with Gasteiger partial charge in [0.25, 0.3) is 12.1 Å². The van der Waals surface area contributed by atoms with E-state index in [1.807, 2.05) is 0 Å². The van der Waals surface area contributed by atoms with Crippen molar-refractivity contribution in [1.82, 2.24) is 0 Å². The van der Waals surface area contributed by atoms with Crippen molar-refractivity contribution < 1.29 is 56.9 Å². The molecule has 0 radical (unpaired) electrons. The van der Waals surface area contributed by atoms with E-state index in [0.717, 1.165) is 19.3 Å². The monoisotopic (exact) mass is 522 g/mol. The van der Waals surface area contributed by atoms with Crippen molar-refractivity contribution in [1.29, 1.82) is 0 Å². The summed E-state index contributed by atoms with van der Waals surface area (Å²) in [7, 11) is 0. The molecule has 1 aliphatic rings. The number of carbonyl (C=O) groups excluding carboxylic acids is 3. The van der Waals surface area contributed by atoms with Crippen molar-refractivity contribution in [3.8, 4) is 0 Å². The largest absolute Gasteiger partial charge is 0.542 e. The van der Waals surface area contributed by atoms with Crippen LogP contribution in [0, 0.1) is 0 Å². The summed E-state index contributed by atoms with van der Waals surface area (Å²) in [5.74, 6) is -3.95. The third-order valence-corrected chi connectivity index (χ3v) is 5.36. The standard InChI is InChI=1S/C21H32N2O6.C2HF3O2/c1-2-3-4-5-6-7-8-11-17(24)28-14-16-18(25)19(26)21(29-16)23-12-9-10-15(13-23)20(22)27;3-2(4,5)1(6)7/h9-10,12-13,16,18-19,21,25-26H,2-8,11,14H2,1H3,(H-,22,27);(H,6,7)/t16-,18-,19-,21-;/m1./s1. The molecular formula is C23H33F3N2O8. The predicted molar refractivity (Wildman–Crippen MR) is 116 cm³/mol. The van der Waals surface area contributed by atoms with Gasteiger partial charge in [0.2, 0.25) is 0 Å². The van der Waals surface area contributed by atoms with Crippen LogP contribution in [-0.2, 0) is 19.1 Å². The van der Waals surface area contributed by atoms with Gasteiger partial charge in [-0.05, 0) is 12.5 Å². The van der Waals surface area contributed by atoms with Crippen molar-refractivity contribution >= 4 is 17.8 Å². The number of rotatable bonds is 12. The summed E-state index contributed by atoms with van der Waals surface area (Å²) >= 11 is 0. The molecule has 4 atom stereocenters. The molecule has 1 fully saturated rings. The van der Waals surface area contributed by atoms with Gasteiger partial charge in [0, 0.05) is 12.5 Å². The lowest BCUT2D eigenvalue weighted by Gasteiger charge is -2.13. The summed E-state index contributed by atoms with van der Waals surface area (Å²) in [5, 5.41) is 29.3. The number of aromatic nitrogens is 1. The van der Waals surface area contributed by atoms with E-state index in [9.17, 15) is 33.0 Å². The Kier molecular flexibility index (Phi) is 13.3. The topological polar surface area (TPSA) is 163 Å². The molecule has 0 bridgehead atoms.